The molecule has 0 aliphatic carbocycles. The quantitative estimate of drug-likeness (QED) is 0.490. The highest BCUT2D eigenvalue weighted by Gasteiger charge is 2.20. The summed E-state index contributed by atoms with van der Waals surface area (Å²) in [5.74, 6) is -0.0659. The lowest BCUT2D eigenvalue weighted by molar-refractivity contribution is -0.144. The number of hydrogen-bond donors (Lipinski definition) is 1. The first-order valence-corrected chi connectivity index (χ1v) is 8.38. The van der Waals surface area contributed by atoms with Crippen LogP contribution in [-0.2, 0) is 14.3 Å². The van der Waals surface area contributed by atoms with E-state index in [9.17, 15) is 9.59 Å². The number of hydrogen-bond acceptors (Lipinski definition) is 3. The average Bonchev–Trinajstić information content (AvgIpc) is 2.47. The molecule has 1 heterocycles. The molecule has 1 amide bonds. The molecule has 1 aliphatic heterocycles. The van der Waals surface area contributed by atoms with Crippen LogP contribution in [0.5, 0.6) is 0 Å². The fourth-order valence-electron chi connectivity index (χ4n) is 2.82. The van der Waals surface area contributed by atoms with Crippen LogP contribution in [0.15, 0.2) is 36.5 Å². The molecule has 0 bridgehead atoms. The Kier molecular flexibility index (Phi) is 8.38. The number of rotatable bonds is 3. The number of carbonyl (C=O) groups is 2. The lowest BCUT2D eigenvalue weighted by Crippen LogP contribution is -2.39. The van der Waals surface area contributed by atoms with Gasteiger partial charge in [-0.2, -0.15) is 0 Å². The summed E-state index contributed by atoms with van der Waals surface area (Å²) in [6.07, 6.45) is 11.5. The van der Waals surface area contributed by atoms with Crippen molar-refractivity contribution in [3.63, 3.8) is 0 Å². The summed E-state index contributed by atoms with van der Waals surface area (Å²) in [6, 6.07) is -0.0749. The van der Waals surface area contributed by atoms with E-state index in [0.717, 1.165) is 31.3 Å². The second kappa shape index (κ2) is 10.0. The molecule has 0 saturated heterocycles. The molecular weight excluding hydrogens is 290 g/mol. The predicted molar refractivity (Wildman–Crippen MR) is 92.8 cm³/mol. The Hall–Kier alpha value is -1.84. The van der Waals surface area contributed by atoms with Gasteiger partial charge in [-0.1, -0.05) is 43.7 Å². The van der Waals surface area contributed by atoms with Crippen LogP contribution in [0.2, 0.25) is 0 Å². The van der Waals surface area contributed by atoms with E-state index in [0.29, 0.717) is 6.42 Å². The Morgan fingerprint density at radius 3 is 2.70 bits per heavy atom. The van der Waals surface area contributed by atoms with Gasteiger partial charge in [-0.05, 0) is 38.2 Å². The molecule has 1 rings (SSSR count). The van der Waals surface area contributed by atoms with Gasteiger partial charge in [0.05, 0.1) is 6.04 Å². The summed E-state index contributed by atoms with van der Waals surface area (Å²) in [6.45, 7) is 9.21. The molecule has 2 unspecified atom stereocenters. The second-order valence-corrected chi connectivity index (χ2v) is 6.18. The molecule has 0 saturated carbocycles. The maximum atomic E-state index is 12.1. The highest BCUT2D eigenvalue weighted by molar-refractivity contribution is 5.76. The Bertz CT molecular complexity index is 479. The van der Waals surface area contributed by atoms with E-state index in [1.54, 1.807) is 6.08 Å². The summed E-state index contributed by atoms with van der Waals surface area (Å²) >= 11 is 0. The minimum atomic E-state index is -0.257. The zero-order valence-electron chi connectivity index (χ0n) is 14.5. The van der Waals surface area contributed by atoms with Gasteiger partial charge in [-0.15, -0.1) is 0 Å². The van der Waals surface area contributed by atoms with Gasteiger partial charge < -0.3 is 10.1 Å². The summed E-state index contributed by atoms with van der Waals surface area (Å²) in [5, 5.41) is 3.11. The second-order valence-electron chi connectivity index (χ2n) is 6.18. The first-order chi connectivity index (χ1) is 10.9. The summed E-state index contributed by atoms with van der Waals surface area (Å²) < 4.78 is 5.36. The van der Waals surface area contributed by atoms with E-state index in [2.05, 4.69) is 18.8 Å². The standard InChI is InChI=1S/C19H29NO3/c1-5-9-14(2)19-15(3)12-13-17(23-16(4)21)10-7-6-8-11-18(22)20-19/h5,9,12-13,15,17,19H,1,6-8,10-11H2,2-4H3,(H,20,22)/b13-12+,14-9+/t15-,17?,19?/m0/s1. The molecule has 4 heteroatoms. The van der Waals surface area contributed by atoms with Gasteiger partial charge in [0.25, 0.3) is 0 Å². The molecule has 1 aliphatic rings. The van der Waals surface area contributed by atoms with Crippen molar-refractivity contribution in [3.05, 3.63) is 36.5 Å². The minimum absolute atomic E-state index is 0.0749. The molecule has 1 N–H and O–H groups in total. The average molecular weight is 319 g/mol. The SMILES string of the molecule is C=C/C=C(\C)C1NC(=O)CCCCCC(OC(C)=O)/C=C/[C@@H]1C. The monoisotopic (exact) mass is 319 g/mol. The number of esters is 1. The molecule has 0 aromatic carbocycles. The van der Waals surface area contributed by atoms with E-state index >= 15 is 0 Å². The van der Waals surface area contributed by atoms with Gasteiger partial charge in [-0.3, -0.25) is 9.59 Å². The van der Waals surface area contributed by atoms with Crippen molar-refractivity contribution in [1.82, 2.24) is 5.32 Å². The highest BCUT2D eigenvalue weighted by atomic mass is 16.5. The molecule has 23 heavy (non-hydrogen) atoms. The van der Waals surface area contributed by atoms with Crippen LogP contribution in [0, 0.1) is 5.92 Å². The van der Waals surface area contributed by atoms with Gasteiger partial charge in [0.2, 0.25) is 5.91 Å². The van der Waals surface area contributed by atoms with Crippen LogP contribution < -0.4 is 5.32 Å². The van der Waals surface area contributed by atoms with E-state index in [4.69, 9.17) is 4.74 Å². The topological polar surface area (TPSA) is 55.4 Å². The van der Waals surface area contributed by atoms with Crippen molar-refractivity contribution in [2.24, 2.45) is 5.92 Å². The van der Waals surface area contributed by atoms with Crippen LogP contribution in [0.3, 0.4) is 0 Å². The van der Waals surface area contributed by atoms with Crippen LogP contribution in [-0.4, -0.2) is 24.0 Å². The van der Waals surface area contributed by atoms with Crippen molar-refractivity contribution in [2.45, 2.75) is 65.0 Å². The zero-order valence-corrected chi connectivity index (χ0v) is 14.5. The van der Waals surface area contributed by atoms with Crippen molar-refractivity contribution in [3.8, 4) is 0 Å². The number of ether oxygens (including phenoxy) is 1. The number of nitrogens with one attached hydrogen (secondary N) is 1. The zero-order chi connectivity index (χ0) is 17.2. The number of carbonyl (C=O) groups excluding carboxylic acids is 2. The maximum absolute atomic E-state index is 12.1. The molecule has 3 atom stereocenters. The van der Waals surface area contributed by atoms with Crippen molar-refractivity contribution in [1.29, 1.82) is 0 Å². The molecule has 0 radical (unpaired) electrons. The van der Waals surface area contributed by atoms with E-state index in [1.165, 1.54) is 6.92 Å². The molecule has 0 aromatic heterocycles. The van der Waals surface area contributed by atoms with Gasteiger partial charge in [-0.25, -0.2) is 0 Å². The normalized spacial score (nSPS) is 28.7. The Morgan fingerprint density at radius 2 is 2.04 bits per heavy atom. The third-order valence-corrected chi connectivity index (χ3v) is 4.05. The smallest absolute Gasteiger partial charge is 0.303 e. The summed E-state index contributed by atoms with van der Waals surface area (Å²) in [7, 11) is 0. The van der Waals surface area contributed by atoms with Crippen LogP contribution in [0.25, 0.3) is 0 Å². The highest BCUT2D eigenvalue weighted by Crippen LogP contribution is 2.18. The van der Waals surface area contributed by atoms with Crippen LogP contribution in [0.4, 0.5) is 0 Å². The summed E-state index contributed by atoms with van der Waals surface area (Å²) in [4.78, 5) is 23.4. The third-order valence-electron chi connectivity index (χ3n) is 4.05. The largest absolute Gasteiger partial charge is 0.458 e. The third kappa shape index (κ3) is 7.31. The first-order valence-electron chi connectivity index (χ1n) is 8.38. The number of amides is 1. The Balaban J connectivity index is 2.96. The van der Waals surface area contributed by atoms with Crippen LogP contribution in [0.1, 0.15) is 52.9 Å². The van der Waals surface area contributed by atoms with E-state index in [-0.39, 0.29) is 29.9 Å². The van der Waals surface area contributed by atoms with E-state index < -0.39 is 0 Å². The van der Waals surface area contributed by atoms with Gasteiger partial charge in [0, 0.05) is 13.3 Å². The van der Waals surface area contributed by atoms with Crippen LogP contribution >= 0.6 is 0 Å². The van der Waals surface area contributed by atoms with Gasteiger partial charge in [0.15, 0.2) is 0 Å². The molecular formula is C19H29NO3. The summed E-state index contributed by atoms with van der Waals surface area (Å²) in [5.41, 5.74) is 1.06. The van der Waals surface area contributed by atoms with E-state index in [1.807, 2.05) is 25.2 Å². The minimum Gasteiger partial charge on any atom is -0.458 e. The fourth-order valence-corrected chi connectivity index (χ4v) is 2.82. The van der Waals surface area contributed by atoms with Gasteiger partial charge >= 0.3 is 5.97 Å². The molecule has 4 nitrogen and oxygen atoms in total. The predicted octanol–water partition coefficient (Wildman–Crippen LogP) is 3.69. The first kappa shape index (κ1) is 19.2. The molecule has 128 valence electrons. The maximum Gasteiger partial charge on any atom is 0.303 e. The Labute approximate surface area is 139 Å². The lowest BCUT2D eigenvalue weighted by Gasteiger charge is -2.25. The van der Waals surface area contributed by atoms with Crippen molar-refractivity contribution >= 4 is 11.9 Å². The van der Waals surface area contributed by atoms with Crippen molar-refractivity contribution < 1.29 is 14.3 Å². The van der Waals surface area contributed by atoms with Crippen molar-refractivity contribution in [2.75, 3.05) is 0 Å². The molecule has 0 spiro atoms. The lowest BCUT2D eigenvalue weighted by atomic mass is 9.93. The molecule has 0 aromatic rings. The Morgan fingerprint density at radius 1 is 1.30 bits per heavy atom. The van der Waals surface area contributed by atoms with Gasteiger partial charge in [0.1, 0.15) is 6.10 Å². The number of allylic oxidation sites excluding steroid dienone is 2. The fraction of sp³-hybridized carbons (Fsp3) is 0.579. The molecule has 0 fully saturated rings.